The largest absolute Gasteiger partial charge is 0.497 e. The summed E-state index contributed by atoms with van der Waals surface area (Å²) in [7, 11) is 1.60. The number of Topliss-reactive ketones (excluding diaryl/α,β-unsaturated/α-hetero) is 1. The highest BCUT2D eigenvalue weighted by atomic mass is 16.5. The van der Waals surface area contributed by atoms with Crippen molar-refractivity contribution in [1.29, 1.82) is 0 Å². The molecule has 8 nitrogen and oxygen atoms in total. The summed E-state index contributed by atoms with van der Waals surface area (Å²) in [4.78, 5) is 36.4. The highest BCUT2D eigenvalue weighted by Gasteiger charge is 2.48. The average Bonchev–Trinajstić information content (AvgIpc) is 2.97. The van der Waals surface area contributed by atoms with Gasteiger partial charge >= 0.3 is 6.03 Å². The Hall–Kier alpha value is -4.17. The van der Waals surface area contributed by atoms with Crippen LogP contribution in [0.1, 0.15) is 31.1 Å². The van der Waals surface area contributed by atoms with Crippen LogP contribution in [0, 0.1) is 5.41 Å². The van der Waals surface area contributed by atoms with Gasteiger partial charge in [-0.1, -0.05) is 50.2 Å². The fourth-order valence-electron chi connectivity index (χ4n) is 5.34. The molecular formula is C31H34N4O4. The van der Waals surface area contributed by atoms with Crippen molar-refractivity contribution in [2.24, 2.45) is 5.41 Å². The molecule has 1 atom stereocenters. The Labute approximate surface area is 229 Å². The number of rotatable bonds is 5. The molecule has 3 aromatic rings. The molecule has 2 aromatic carbocycles. The first kappa shape index (κ1) is 26.4. The molecule has 202 valence electrons. The van der Waals surface area contributed by atoms with E-state index in [4.69, 9.17) is 14.5 Å². The number of piperidine rings is 1. The number of amides is 2. The molecule has 0 radical (unpaired) electrons. The maximum atomic E-state index is 13.9. The predicted molar refractivity (Wildman–Crippen MR) is 152 cm³/mol. The van der Waals surface area contributed by atoms with Gasteiger partial charge in [-0.25, -0.2) is 9.78 Å². The van der Waals surface area contributed by atoms with Crippen molar-refractivity contribution in [2.45, 2.75) is 19.9 Å². The summed E-state index contributed by atoms with van der Waals surface area (Å²) < 4.78 is 10.7. The maximum absolute atomic E-state index is 13.9. The molecule has 5 rings (SSSR count). The van der Waals surface area contributed by atoms with Crippen LogP contribution in [0.4, 0.5) is 16.3 Å². The van der Waals surface area contributed by atoms with E-state index < -0.39 is 11.5 Å². The van der Waals surface area contributed by atoms with Crippen LogP contribution in [0.15, 0.2) is 78.4 Å². The molecule has 8 heteroatoms. The molecule has 1 unspecified atom stereocenters. The number of urea groups is 1. The van der Waals surface area contributed by atoms with Crippen LogP contribution in [-0.4, -0.2) is 61.7 Å². The fourth-order valence-corrected chi connectivity index (χ4v) is 5.34. The standard InChI is InChI=1S/C31H34N4O4/c1-31(2)28(22-8-5-4-6-9-22)35(30(37)33-24-12-14-26(38-3)15-13-24)21-23(29(31)36)20-25-10-7-11-27(32-25)34-16-18-39-19-17-34/h4-15,20,28H,16-19,21H2,1-3H3,(H,33,37). The number of pyridine rings is 1. The average molecular weight is 527 g/mol. The molecular weight excluding hydrogens is 492 g/mol. The fraction of sp³-hybridized carbons (Fsp3) is 0.323. The van der Waals surface area contributed by atoms with Gasteiger partial charge in [0.05, 0.1) is 44.0 Å². The maximum Gasteiger partial charge on any atom is 0.322 e. The number of anilines is 2. The Balaban J connectivity index is 1.49. The highest BCUT2D eigenvalue weighted by Crippen LogP contribution is 2.45. The van der Waals surface area contributed by atoms with Gasteiger partial charge in [-0.3, -0.25) is 4.79 Å². The second kappa shape index (κ2) is 11.3. The van der Waals surface area contributed by atoms with E-state index in [1.54, 1.807) is 36.3 Å². The third kappa shape index (κ3) is 5.66. The summed E-state index contributed by atoms with van der Waals surface area (Å²) in [5.41, 5.74) is 1.92. The van der Waals surface area contributed by atoms with E-state index in [1.165, 1.54) is 0 Å². The minimum absolute atomic E-state index is 0.00317. The Bertz CT molecular complexity index is 1350. The number of ketones is 1. The number of carbonyl (C=O) groups is 2. The zero-order valence-corrected chi connectivity index (χ0v) is 22.6. The van der Waals surface area contributed by atoms with Crippen molar-refractivity contribution in [3.8, 4) is 5.75 Å². The highest BCUT2D eigenvalue weighted by molar-refractivity contribution is 6.06. The van der Waals surface area contributed by atoms with Crippen LogP contribution in [0.3, 0.4) is 0 Å². The van der Waals surface area contributed by atoms with Crippen LogP contribution in [0.2, 0.25) is 0 Å². The number of ether oxygens (including phenoxy) is 2. The number of benzene rings is 2. The first-order valence-electron chi connectivity index (χ1n) is 13.2. The minimum atomic E-state index is -0.871. The Morgan fingerprint density at radius 2 is 1.74 bits per heavy atom. The number of carbonyl (C=O) groups excluding carboxylic acids is 2. The van der Waals surface area contributed by atoms with E-state index in [1.807, 2.05) is 68.5 Å². The van der Waals surface area contributed by atoms with E-state index >= 15 is 0 Å². The third-order valence-electron chi connectivity index (χ3n) is 7.34. The van der Waals surface area contributed by atoms with Crippen molar-refractivity contribution in [1.82, 2.24) is 9.88 Å². The van der Waals surface area contributed by atoms with Gasteiger partial charge in [-0.15, -0.1) is 0 Å². The number of hydrogen-bond acceptors (Lipinski definition) is 6. The van der Waals surface area contributed by atoms with Gasteiger partial charge in [-0.05, 0) is 48.0 Å². The number of hydrogen-bond donors (Lipinski definition) is 1. The zero-order valence-electron chi connectivity index (χ0n) is 22.6. The van der Waals surface area contributed by atoms with E-state index in [9.17, 15) is 9.59 Å². The minimum Gasteiger partial charge on any atom is -0.497 e. The number of nitrogens with zero attached hydrogens (tertiary/aromatic N) is 3. The molecule has 39 heavy (non-hydrogen) atoms. The van der Waals surface area contributed by atoms with Gasteiger partial charge in [0, 0.05) is 24.4 Å². The van der Waals surface area contributed by atoms with Gasteiger partial charge in [0.1, 0.15) is 11.6 Å². The van der Waals surface area contributed by atoms with Gasteiger partial charge < -0.3 is 24.6 Å². The number of likely N-dealkylation sites (tertiary alicyclic amines) is 1. The van der Waals surface area contributed by atoms with Crippen LogP contribution in [0.25, 0.3) is 6.08 Å². The summed E-state index contributed by atoms with van der Waals surface area (Å²) in [5, 5.41) is 3.01. The predicted octanol–water partition coefficient (Wildman–Crippen LogP) is 5.19. The molecule has 0 spiro atoms. The number of methoxy groups -OCH3 is 1. The molecule has 1 aromatic heterocycles. The Morgan fingerprint density at radius 1 is 1.03 bits per heavy atom. The molecule has 3 heterocycles. The van der Waals surface area contributed by atoms with Gasteiger partial charge in [-0.2, -0.15) is 0 Å². The first-order chi connectivity index (χ1) is 18.9. The van der Waals surface area contributed by atoms with Crippen LogP contribution >= 0.6 is 0 Å². The summed E-state index contributed by atoms with van der Waals surface area (Å²) in [6.07, 6.45) is 1.82. The van der Waals surface area contributed by atoms with Crippen molar-refractivity contribution in [2.75, 3.05) is 50.2 Å². The molecule has 0 bridgehead atoms. The topological polar surface area (TPSA) is 84.0 Å². The smallest absolute Gasteiger partial charge is 0.322 e. The quantitative estimate of drug-likeness (QED) is 0.461. The van der Waals surface area contributed by atoms with Crippen LogP contribution in [-0.2, 0) is 9.53 Å². The van der Waals surface area contributed by atoms with Crippen LogP contribution in [0.5, 0.6) is 5.75 Å². The molecule has 1 N–H and O–H groups in total. The normalized spacial score (nSPS) is 20.1. The first-order valence-corrected chi connectivity index (χ1v) is 13.2. The van der Waals surface area contributed by atoms with Crippen molar-refractivity contribution in [3.05, 3.63) is 89.6 Å². The van der Waals surface area contributed by atoms with Gasteiger partial charge in [0.2, 0.25) is 0 Å². The van der Waals surface area contributed by atoms with Crippen molar-refractivity contribution >= 4 is 29.4 Å². The number of aromatic nitrogens is 1. The summed E-state index contributed by atoms with van der Waals surface area (Å²) in [6, 6.07) is 22.0. The molecule has 0 saturated carbocycles. The van der Waals surface area contributed by atoms with E-state index in [0.717, 1.165) is 24.5 Å². The number of nitrogens with one attached hydrogen (secondary N) is 1. The summed E-state index contributed by atoms with van der Waals surface area (Å²) in [6.45, 7) is 6.86. The lowest BCUT2D eigenvalue weighted by Crippen LogP contribution is -2.53. The zero-order chi connectivity index (χ0) is 27.4. The van der Waals surface area contributed by atoms with Crippen LogP contribution < -0.4 is 15.0 Å². The lowest BCUT2D eigenvalue weighted by molar-refractivity contribution is -0.129. The Morgan fingerprint density at radius 3 is 2.44 bits per heavy atom. The third-order valence-corrected chi connectivity index (χ3v) is 7.34. The second-order valence-electron chi connectivity index (χ2n) is 10.3. The van der Waals surface area contributed by atoms with Crippen molar-refractivity contribution < 1.29 is 19.1 Å². The monoisotopic (exact) mass is 526 g/mol. The SMILES string of the molecule is COc1ccc(NC(=O)N2CC(=Cc3cccc(N4CCOCC4)n3)C(=O)C(C)(C)C2c2ccccc2)cc1. The second-order valence-corrected chi connectivity index (χ2v) is 10.3. The Kier molecular flexibility index (Phi) is 7.65. The lowest BCUT2D eigenvalue weighted by Gasteiger charge is -2.46. The van der Waals surface area contributed by atoms with E-state index in [0.29, 0.717) is 35.9 Å². The molecule has 2 saturated heterocycles. The molecule has 2 fully saturated rings. The van der Waals surface area contributed by atoms with E-state index in [-0.39, 0.29) is 18.4 Å². The molecule has 2 aliphatic heterocycles. The molecule has 2 aliphatic rings. The van der Waals surface area contributed by atoms with E-state index in [2.05, 4.69) is 10.2 Å². The van der Waals surface area contributed by atoms with Gasteiger partial charge in [0.25, 0.3) is 0 Å². The summed E-state index contributed by atoms with van der Waals surface area (Å²) in [5.74, 6) is 1.56. The number of morpholine rings is 1. The molecule has 2 amide bonds. The molecule has 0 aliphatic carbocycles. The summed E-state index contributed by atoms with van der Waals surface area (Å²) >= 11 is 0. The van der Waals surface area contributed by atoms with Crippen molar-refractivity contribution in [3.63, 3.8) is 0 Å². The lowest BCUT2D eigenvalue weighted by atomic mass is 9.70. The van der Waals surface area contributed by atoms with Gasteiger partial charge in [0.15, 0.2) is 5.78 Å².